The monoisotopic (exact) mass is 354 g/mol. The summed E-state index contributed by atoms with van der Waals surface area (Å²) in [6.07, 6.45) is 0.0738. The zero-order valence-electron chi connectivity index (χ0n) is 11.3. The van der Waals surface area contributed by atoms with Gasteiger partial charge in [0.2, 0.25) is 0 Å². The van der Waals surface area contributed by atoms with Gasteiger partial charge in [0, 0.05) is 23.4 Å². The molecule has 0 unspecified atom stereocenters. The predicted molar refractivity (Wildman–Crippen MR) is 79.5 cm³/mol. The Morgan fingerprint density at radius 2 is 1.81 bits per heavy atom. The molecule has 0 heterocycles. The molecule has 0 aromatic heterocycles. The highest BCUT2D eigenvalue weighted by atomic mass is 79.9. The van der Waals surface area contributed by atoms with Gasteiger partial charge in [0.15, 0.2) is 0 Å². The fourth-order valence-electron chi connectivity index (χ4n) is 1.97. The number of benzene rings is 2. The number of ketones is 1. The summed E-state index contributed by atoms with van der Waals surface area (Å²) in [6, 6.07) is 8.54. The first-order valence-corrected chi connectivity index (χ1v) is 7.07. The third-order valence-corrected chi connectivity index (χ3v) is 3.82. The van der Waals surface area contributed by atoms with E-state index >= 15 is 0 Å². The maximum Gasteiger partial charge on any atom is 0.141 e. The lowest BCUT2D eigenvalue weighted by atomic mass is 10.0. The normalized spacial score (nSPS) is 10.5. The molecule has 0 atom stereocenters. The third kappa shape index (κ3) is 4.11. The number of Topliss-reactive ketones (excluding diaryl/α,β-unsaturated/α-hetero) is 1. The molecule has 0 saturated carbocycles. The second-order valence-electron chi connectivity index (χ2n) is 4.59. The van der Waals surface area contributed by atoms with Crippen LogP contribution < -0.4 is 4.74 Å². The molecule has 2 rings (SSSR count). The summed E-state index contributed by atoms with van der Waals surface area (Å²) >= 11 is 3.37. The van der Waals surface area contributed by atoms with Gasteiger partial charge in [-0.2, -0.15) is 0 Å². The maximum absolute atomic E-state index is 13.5. The molecule has 0 spiro atoms. The second-order valence-corrected chi connectivity index (χ2v) is 5.44. The van der Waals surface area contributed by atoms with E-state index in [9.17, 15) is 13.6 Å². The first-order valence-electron chi connectivity index (χ1n) is 6.27. The molecule has 0 saturated heterocycles. The molecule has 0 aliphatic carbocycles. The Morgan fingerprint density at radius 3 is 2.48 bits per heavy atom. The molecule has 2 aromatic rings. The Labute approximate surface area is 129 Å². The van der Waals surface area contributed by atoms with Crippen LogP contribution in [0.15, 0.2) is 40.9 Å². The number of halogens is 3. The number of rotatable bonds is 5. The van der Waals surface area contributed by atoms with Gasteiger partial charge in [0.1, 0.15) is 23.2 Å². The van der Waals surface area contributed by atoms with Gasteiger partial charge in [-0.25, -0.2) is 8.78 Å². The van der Waals surface area contributed by atoms with Crippen molar-refractivity contribution in [3.8, 4) is 5.75 Å². The highest BCUT2D eigenvalue weighted by Gasteiger charge is 2.12. The summed E-state index contributed by atoms with van der Waals surface area (Å²) in [5.74, 6) is -0.865. The van der Waals surface area contributed by atoms with Crippen LogP contribution in [-0.4, -0.2) is 12.9 Å². The van der Waals surface area contributed by atoms with Crippen molar-refractivity contribution in [3.63, 3.8) is 0 Å². The molecule has 21 heavy (non-hydrogen) atoms. The van der Waals surface area contributed by atoms with Crippen LogP contribution in [0.25, 0.3) is 0 Å². The summed E-state index contributed by atoms with van der Waals surface area (Å²) in [4.78, 5) is 12.0. The van der Waals surface area contributed by atoms with Crippen LogP contribution in [0.2, 0.25) is 0 Å². The van der Waals surface area contributed by atoms with Crippen molar-refractivity contribution in [2.75, 3.05) is 7.11 Å². The van der Waals surface area contributed by atoms with Crippen molar-refractivity contribution in [3.05, 3.63) is 63.6 Å². The first-order chi connectivity index (χ1) is 9.99. The Morgan fingerprint density at radius 1 is 1.10 bits per heavy atom. The SMILES string of the molecule is COc1ccc(Br)c(CC(=O)Cc2ccc(F)cc2F)c1. The molecule has 2 nitrogen and oxygen atoms in total. The largest absolute Gasteiger partial charge is 0.497 e. The summed E-state index contributed by atoms with van der Waals surface area (Å²) in [5.41, 5.74) is 0.960. The van der Waals surface area contributed by atoms with Crippen LogP contribution in [0, 0.1) is 11.6 Å². The molecule has 0 aliphatic heterocycles. The van der Waals surface area contributed by atoms with E-state index in [1.807, 2.05) is 0 Å². The summed E-state index contributed by atoms with van der Waals surface area (Å²) in [7, 11) is 1.54. The Hall–Kier alpha value is -1.75. The predicted octanol–water partition coefficient (Wildman–Crippen LogP) is 4.09. The molecule has 110 valence electrons. The standard InChI is InChI=1S/C16H13BrF2O2/c1-21-14-4-5-15(17)11(8-14)7-13(20)6-10-2-3-12(18)9-16(10)19/h2-5,8-9H,6-7H2,1H3. The quantitative estimate of drug-likeness (QED) is 0.808. The zero-order valence-corrected chi connectivity index (χ0v) is 12.9. The van der Waals surface area contributed by atoms with Gasteiger partial charge in [-0.3, -0.25) is 4.79 Å². The number of hydrogen-bond donors (Lipinski definition) is 0. The Balaban J connectivity index is 2.11. The molecule has 0 fully saturated rings. The number of carbonyl (C=O) groups is 1. The third-order valence-electron chi connectivity index (χ3n) is 3.04. The van der Waals surface area contributed by atoms with Crippen LogP contribution in [0.3, 0.4) is 0 Å². The lowest BCUT2D eigenvalue weighted by Crippen LogP contribution is -2.08. The van der Waals surface area contributed by atoms with Crippen LogP contribution in [-0.2, 0) is 17.6 Å². The van der Waals surface area contributed by atoms with Crippen molar-refractivity contribution in [1.82, 2.24) is 0 Å². The van der Waals surface area contributed by atoms with Crippen molar-refractivity contribution >= 4 is 21.7 Å². The van der Waals surface area contributed by atoms with Crippen LogP contribution in [0.1, 0.15) is 11.1 Å². The van der Waals surface area contributed by atoms with E-state index in [2.05, 4.69) is 15.9 Å². The maximum atomic E-state index is 13.5. The average Bonchev–Trinajstić information content (AvgIpc) is 2.44. The molecule has 0 aliphatic rings. The van der Waals surface area contributed by atoms with Gasteiger partial charge in [-0.05, 0) is 35.4 Å². The molecule has 0 amide bonds. The minimum atomic E-state index is -0.701. The number of carbonyl (C=O) groups excluding carboxylic acids is 1. The van der Waals surface area contributed by atoms with Crippen molar-refractivity contribution < 1.29 is 18.3 Å². The van der Waals surface area contributed by atoms with Crippen molar-refractivity contribution in [1.29, 1.82) is 0 Å². The summed E-state index contributed by atoms with van der Waals surface area (Å²) < 4.78 is 32.2. The van der Waals surface area contributed by atoms with E-state index in [1.54, 1.807) is 25.3 Å². The highest BCUT2D eigenvalue weighted by Crippen LogP contribution is 2.23. The minimum Gasteiger partial charge on any atom is -0.497 e. The van der Waals surface area contributed by atoms with Crippen LogP contribution in [0.4, 0.5) is 8.78 Å². The van der Waals surface area contributed by atoms with Gasteiger partial charge >= 0.3 is 0 Å². The second kappa shape index (κ2) is 6.80. The fraction of sp³-hybridized carbons (Fsp3) is 0.188. The van der Waals surface area contributed by atoms with E-state index in [4.69, 9.17) is 4.74 Å². The van der Waals surface area contributed by atoms with Crippen LogP contribution in [0.5, 0.6) is 5.75 Å². The van der Waals surface area contributed by atoms with Gasteiger partial charge < -0.3 is 4.74 Å². The Bertz CT molecular complexity index is 671. The number of methoxy groups -OCH3 is 1. The first kappa shape index (κ1) is 15.6. The Kier molecular flexibility index (Phi) is 5.07. The van der Waals surface area contributed by atoms with E-state index < -0.39 is 11.6 Å². The van der Waals surface area contributed by atoms with Crippen molar-refractivity contribution in [2.24, 2.45) is 0 Å². The van der Waals surface area contributed by atoms with Crippen LogP contribution >= 0.6 is 15.9 Å². The lowest BCUT2D eigenvalue weighted by Gasteiger charge is -2.07. The summed E-state index contributed by atoms with van der Waals surface area (Å²) in [6.45, 7) is 0. The molecular weight excluding hydrogens is 342 g/mol. The molecule has 0 N–H and O–H groups in total. The summed E-state index contributed by atoms with van der Waals surface area (Å²) in [5, 5.41) is 0. The molecule has 5 heteroatoms. The van der Waals surface area contributed by atoms with E-state index in [-0.39, 0.29) is 24.2 Å². The highest BCUT2D eigenvalue weighted by molar-refractivity contribution is 9.10. The van der Waals surface area contributed by atoms with Gasteiger partial charge in [-0.15, -0.1) is 0 Å². The van der Waals surface area contributed by atoms with E-state index in [1.165, 1.54) is 6.07 Å². The minimum absolute atomic E-state index is 0.0736. The fourth-order valence-corrected chi connectivity index (χ4v) is 2.35. The van der Waals surface area contributed by atoms with Crippen molar-refractivity contribution in [2.45, 2.75) is 12.8 Å². The molecule has 2 aromatic carbocycles. The van der Waals surface area contributed by atoms with E-state index in [0.29, 0.717) is 5.75 Å². The molecule has 0 radical (unpaired) electrons. The smallest absolute Gasteiger partial charge is 0.141 e. The van der Waals surface area contributed by atoms with Gasteiger partial charge in [0.05, 0.1) is 7.11 Å². The average molecular weight is 355 g/mol. The zero-order chi connectivity index (χ0) is 15.4. The molecule has 0 bridgehead atoms. The van der Waals surface area contributed by atoms with E-state index in [0.717, 1.165) is 22.2 Å². The molecular formula is C16H13BrF2O2. The topological polar surface area (TPSA) is 26.3 Å². The number of hydrogen-bond acceptors (Lipinski definition) is 2. The van der Waals surface area contributed by atoms with Gasteiger partial charge in [-0.1, -0.05) is 22.0 Å². The lowest BCUT2D eigenvalue weighted by molar-refractivity contribution is -0.117. The van der Waals surface area contributed by atoms with Gasteiger partial charge in [0.25, 0.3) is 0 Å². The number of ether oxygens (including phenoxy) is 1.